The van der Waals surface area contributed by atoms with Gasteiger partial charge in [0.05, 0.1) is 30.2 Å². The van der Waals surface area contributed by atoms with Gasteiger partial charge in [0.1, 0.15) is 0 Å². The van der Waals surface area contributed by atoms with Crippen LogP contribution in [-0.2, 0) is 4.74 Å². The van der Waals surface area contributed by atoms with Crippen molar-refractivity contribution in [3.8, 4) is 11.3 Å². The highest BCUT2D eigenvalue weighted by molar-refractivity contribution is 7.11. The predicted octanol–water partition coefficient (Wildman–Crippen LogP) is 2.47. The van der Waals surface area contributed by atoms with Crippen LogP contribution in [-0.4, -0.2) is 28.0 Å². The number of nitrogens with one attached hydrogen (secondary N) is 1. The Hall–Kier alpha value is -2.21. The first-order valence-electron chi connectivity index (χ1n) is 5.25. The average molecular weight is 259 g/mol. The van der Waals surface area contributed by atoms with Crippen LogP contribution in [0.5, 0.6) is 0 Å². The number of hydrogen-bond donors (Lipinski definition) is 1. The number of ether oxygens (including phenoxy) is 1. The van der Waals surface area contributed by atoms with Gasteiger partial charge >= 0.3 is 5.97 Å². The van der Waals surface area contributed by atoms with Gasteiger partial charge in [-0.1, -0.05) is 6.07 Å². The van der Waals surface area contributed by atoms with Crippen molar-refractivity contribution in [2.75, 3.05) is 7.11 Å². The molecule has 0 fully saturated rings. The molecule has 1 N–H and O–H groups in total. The zero-order chi connectivity index (χ0) is 12.5. The van der Waals surface area contributed by atoms with Gasteiger partial charge < -0.3 is 9.72 Å². The third-order valence-electron chi connectivity index (χ3n) is 2.58. The highest BCUT2D eigenvalue weighted by Crippen LogP contribution is 2.24. The quantitative estimate of drug-likeness (QED) is 0.718. The minimum Gasteiger partial charge on any atom is -0.464 e. The van der Waals surface area contributed by atoms with Crippen molar-refractivity contribution in [1.82, 2.24) is 15.0 Å². The molecule has 0 aliphatic heterocycles. The number of rotatable bonds is 2. The highest BCUT2D eigenvalue weighted by atomic mass is 32.1. The number of methoxy groups -OCH3 is 1. The lowest BCUT2D eigenvalue weighted by Gasteiger charge is -1.96. The van der Waals surface area contributed by atoms with E-state index in [0.717, 1.165) is 22.3 Å². The number of esters is 1. The summed E-state index contributed by atoms with van der Waals surface area (Å²) in [7, 11) is 1.35. The second-order valence-electron chi connectivity index (χ2n) is 3.66. The molecule has 0 atom stereocenters. The Bertz CT molecular complexity index is 717. The first kappa shape index (κ1) is 10.9. The third kappa shape index (κ3) is 1.76. The molecule has 1 aromatic carbocycles. The number of aromatic nitrogens is 3. The number of imidazole rings is 1. The number of carbonyl (C=O) groups is 1. The molecule has 6 heteroatoms. The summed E-state index contributed by atoms with van der Waals surface area (Å²) in [5, 5.41) is 2.20. The molecule has 3 rings (SSSR count). The van der Waals surface area contributed by atoms with Gasteiger partial charge in [0.25, 0.3) is 0 Å². The van der Waals surface area contributed by atoms with E-state index < -0.39 is 5.97 Å². The van der Waals surface area contributed by atoms with E-state index in [4.69, 9.17) is 0 Å². The van der Waals surface area contributed by atoms with E-state index in [1.54, 1.807) is 6.33 Å². The van der Waals surface area contributed by atoms with Gasteiger partial charge in [-0.25, -0.2) is 14.8 Å². The van der Waals surface area contributed by atoms with Gasteiger partial charge in [0, 0.05) is 10.9 Å². The lowest BCUT2D eigenvalue weighted by molar-refractivity contribution is 0.0600. The molecule has 0 bridgehead atoms. The number of fused-ring (bicyclic) bond motifs is 1. The largest absolute Gasteiger partial charge is 0.464 e. The molecule has 2 heterocycles. The van der Waals surface area contributed by atoms with Gasteiger partial charge in [-0.15, -0.1) is 11.3 Å². The van der Waals surface area contributed by atoms with Gasteiger partial charge in [0.15, 0.2) is 0 Å². The van der Waals surface area contributed by atoms with E-state index in [1.807, 2.05) is 23.6 Å². The van der Waals surface area contributed by atoms with E-state index in [1.165, 1.54) is 18.4 Å². The first-order valence-corrected chi connectivity index (χ1v) is 6.13. The number of H-pyrrole nitrogens is 1. The normalized spacial score (nSPS) is 10.7. The molecule has 0 spiro atoms. The zero-order valence-electron chi connectivity index (χ0n) is 9.51. The molecule has 0 unspecified atom stereocenters. The Morgan fingerprint density at radius 2 is 2.33 bits per heavy atom. The molecule has 0 saturated carbocycles. The van der Waals surface area contributed by atoms with Crippen LogP contribution in [0.15, 0.2) is 29.9 Å². The van der Waals surface area contributed by atoms with E-state index in [9.17, 15) is 4.79 Å². The number of thiazole rings is 1. The molecular formula is C12H9N3O2S. The second-order valence-corrected chi connectivity index (χ2v) is 4.52. The third-order valence-corrected chi connectivity index (χ3v) is 3.40. The monoisotopic (exact) mass is 259 g/mol. The Morgan fingerprint density at radius 3 is 3.17 bits per heavy atom. The molecule has 0 aliphatic carbocycles. The summed E-state index contributed by atoms with van der Waals surface area (Å²) in [5.41, 5.74) is 3.55. The van der Waals surface area contributed by atoms with Crippen molar-refractivity contribution < 1.29 is 9.53 Å². The Balaban J connectivity index is 2.03. The SMILES string of the molecule is COC(=O)c1nc(-c2ccc3nc[nH]c3c2)cs1. The summed E-state index contributed by atoms with van der Waals surface area (Å²) in [6.45, 7) is 0. The Labute approximate surface area is 106 Å². The maximum absolute atomic E-state index is 11.3. The van der Waals surface area contributed by atoms with Gasteiger partial charge in [0.2, 0.25) is 5.01 Å². The molecule has 0 radical (unpaired) electrons. The molecule has 0 saturated heterocycles. The van der Waals surface area contributed by atoms with Crippen LogP contribution in [0.25, 0.3) is 22.3 Å². The van der Waals surface area contributed by atoms with Crippen LogP contribution >= 0.6 is 11.3 Å². The number of benzene rings is 1. The standard InChI is InChI=1S/C12H9N3O2S/c1-17-12(16)11-15-10(5-18-11)7-2-3-8-9(4-7)14-6-13-8/h2-6H,1H3,(H,13,14). The summed E-state index contributed by atoms with van der Waals surface area (Å²) in [6, 6.07) is 5.80. The minimum atomic E-state index is -0.408. The maximum atomic E-state index is 11.3. The van der Waals surface area contributed by atoms with E-state index in [0.29, 0.717) is 5.01 Å². The lowest BCUT2D eigenvalue weighted by Crippen LogP contribution is -1.99. The van der Waals surface area contributed by atoms with Crippen LogP contribution in [0.2, 0.25) is 0 Å². The van der Waals surface area contributed by atoms with Crippen molar-refractivity contribution >= 4 is 28.3 Å². The van der Waals surface area contributed by atoms with Crippen molar-refractivity contribution in [2.45, 2.75) is 0 Å². The van der Waals surface area contributed by atoms with Gasteiger partial charge in [-0.2, -0.15) is 0 Å². The molecule has 2 aromatic heterocycles. The smallest absolute Gasteiger partial charge is 0.367 e. The maximum Gasteiger partial charge on any atom is 0.367 e. The summed E-state index contributed by atoms with van der Waals surface area (Å²) in [4.78, 5) is 22.8. The van der Waals surface area contributed by atoms with Crippen molar-refractivity contribution in [3.63, 3.8) is 0 Å². The highest BCUT2D eigenvalue weighted by Gasteiger charge is 2.12. The fourth-order valence-electron chi connectivity index (χ4n) is 1.68. The van der Waals surface area contributed by atoms with Crippen molar-refractivity contribution in [2.24, 2.45) is 0 Å². The van der Waals surface area contributed by atoms with E-state index in [2.05, 4.69) is 19.7 Å². The van der Waals surface area contributed by atoms with Crippen LogP contribution in [0.3, 0.4) is 0 Å². The fourth-order valence-corrected chi connectivity index (χ4v) is 2.42. The van der Waals surface area contributed by atoms with Crippen LogP contribution in [0.4, 0.5) is 0 Å². The van der Waals surface area contributed by atoms with E-state index in [-0.39, 0.29) is 0 Å². The zero-order valence-corrected chi connectivity index (χ0v) is 10.3. The van der Waals surface area contributed by atoms with Crippen LogP contribution in [0.1, 0.15) is 9.80 Å². The summed E-state index contributed by atoms with van der Waals surface area (Å²) >= 11 is 1.27. The number of hydrogen-bond acceptors (Lipinski definition) is 5. The average Bonchev–Trinajstić information content (AvgIpc) is 3.05. The predicted molar refractivity (Wildman–Crippen MR) is 68.5 cm³/mol. The second kappa shape index (κ2) is 4.23. The molecule has 18 heavy (non-hydrogen) atoms. The topological polar surface area (TPSA) is 67.9 Å². The molecule has 3 aromatic rings. The van der Waals surface area contributed by atoms with Crippen molar-refractivity contribution in [1.29, 1.82) is 0 Å². The Morgan fingerprint density at radius 1 is 1.44 bits per heavy atom. The number of nitrogens with zero attached hydrogens (tertiary/aromatic N) is 2. The van der Waals surface area contributed by atoms with Gasteiger partial charge in [-0.3, -0.25) is 0 Å². The van der Waals surface area contributed by atoms with Crippen LogP contribution in [0, 0.1) is 0 Å². The molecule has 0 amide bonds. The molecule has 5 nitrogen and oxygen atoms in total. The number of aromatic amines is 1. The molecule has 90 valence electrons. The molecular weight excluding hydrogens is 250 g/mol. The van der Waals surface area contributed by atoms with E-state index >= 15 is 0 Å². The van der Waals surface area contributed by atoms with Crippen LogP contribution < -0.4 is 0 Å². The van der Waals surface area contributed by atoms with Crippen molar-refractivity contribution in [3.05, 3.63) is 34.9 Å². The lowest BCUT2D eigenvalue weighted by atomic mass is 10.1. The Kier molecular flexibility index (Phi) is 2.56. The molecule has 0 aliphatic rings. The minimum absolute atomic E-state index is 0.359. The summed E-state index contributed by atoms with van der Waals surface area (Å²) < 4.78 is 4.64. The van der Waals surface area contributed by atoms with Gasteiger partial charge in [-0.05, 0) is 12.1 Å². The summed E-state index contributed by atoms with van der Waals surface area (Å²) in [6.07, 6.45) is 1.65. The fraction of sp³-hybridized carbons (Fsp3) is 0.0833. The first-order chi connectivity index (χ1) is 8.78. The number of carbonyl (C=O) groups excluding carboxylic acids is 1. The summed E-state index contributed by atoms with van der Waals surface area (Å²) in [5.74, 6) is -0.408.